The van der Waals surface area contributed by atoms with Gasteiger partial charge in [-0.2, -0.15) is 13.2 Å². The third-order valence-electron chi connectivity index (χ3n) is 3.73. The monoisotopic (exact) mass is 436 g/mol. The molecule has 0 saturated carbocycles. The summed E-state index contributed by atoms with van der Waals surface area (Å²) in [4.78, 5) is 4.34. The highest BCUT2D eigenvalue weighted by Crippen LogP contribution is 2.37. The second kappa shape index (κ2) is 6.85. The molecule has 0 fully saturated rings. The maximum absolute atomic E-state index is 14.2. The Labute approximate surface area is 160 Å². The van der Waals surface area contributed by atoms with Crippen LogP contribution in [0.3, 0.4) is 0 Å². The number of aromatic nitrogens is 2. The van der Waals surface area contributed by atoms with E-state index in [0.29, 0.717) is 18.4 Å². The molecule has 0 bridgehead atoms. The van der Waals surface area contributed by atoms with Crippen LogP contribution in [0.15, 0.2) is 41.3 Å². The maximum atomic E-state index is 14.2. The number of rotatable bonds is 3. The van der Waals surface area contributed by atoms with Gasteiger partial charge in [0.1, 0.15) is 16.5 Å². The van der Waals surface area contributed by atoms with E-state index in [2.05, 4.69) is 9.97 Å². The minimum Gasteiger partial charge on any atom is -0.334 e. The predicted octanol–water partition coefficient (Wildman–Crippen LogP) is 5.10. The van der Waals surface area contributed by atoms with Crippen LogP contribution in [0.4, 0.5) is 22.0 Å². The number of alkyl halides is 3. The summed E-state index contributed by atoms with van der Waals surface area (Å²) in [6.07, 6.45) is -4.24. The molecule has 0 aliphatic carbocycles. The number of nitrogens with zero attached hydrogens (tertiary/aromatic N) is 1. The van der Waals surface area contributed by atoms with Crippen molar-refractivity contribution in [3.05, 3.63) is 58.9 Å². The molecule has 0 aliphatic heterocycles. The van der Waals surface area contributed by atoms with Crippen LogP contribution in [0, 0.1) is 11.6 Å². The van der Waals surface area contributed by atoms with Gasteiger partial charge < -0.3 is 4.98 Å². The number of H-pyrrole nitrogens is 1. The summed E-state index contributed by atoms with van der Waals surface area (Å²) in [6.45, 7) is 0. The number of halogens is 6. The Hall–Kier alpha value is -2.46. The molecule has 0 amide bonds. The Bertz CT molecular complexity index is 1150. The van der Waals surface area contributed by atoms with E-state index in [1.54, 1.807) is 0 Å². The second-order valence-corrected chi connectivity index (χ2v) is 8.25. The van der Waals surface area contributed by atoms with Gasteiger partial charge in [0.2, 0.25) is 5.82 Å². The Kier molecular flexibility index (Phi) is 4.96. The Morgan fingerprint density at radius 2 is 1.64 bits per heavy atom. The number of imidazole rings is 1. The van der Waals surface area contributed by atoms with Gasteiger partial charge in [0.25, 0.3) is 0 Å². The van der Waals surface area contributed by atoms with E-state index in [9.17, 15) is 30.4 Å². The summed E-state index contributed by atoms with van der Waals surface area (Å²) in [5.41, 5.74) is -0.768. The van der Waals surface area contributed by atoms with Gasteiger partial charge in [-0.15, -0.1) is 0 Å². The van der Waals surface area contributed by atoms with Crippen molar-refractivity contribution in [1.82, 2.24) is 9.97 Å². The van der Waals surface area contributed by atoms with Crippen molar-refractivity contribution in [2.24, 2.45) is 0 Å². The average molecular weight is 437 g/mol. The molecular weight excluding hydrogens is 427 g/mol. The van der Waals surface area contributed by atoms with Gasteiger partial charge in [-0.1, -0.05) is 23.7 Å². The molecule has 3 aromatic rings. The molecule has 0 aliphatic rings. The average Bonchev–Trinajstić information content (AvgIpc) is 2.98. The minimum absolute atomic E-state index is 0.180. The summed E-state index contributed by atoms with van der Waals surface area (Å²) >= 11 is 5.87. The first-order valence-corrected chi connectivity index (χ1v) is 9.77. The van der Waals surface area contributed by atoms with Crippen molar-refractivity contribution in [2.45, 2.75) is 11.1 Å². The van der Waals surface area contributed by atoms with Gasteiger partial charge in [-0.05, 0) is 24.3 Å². The third kappa shape index (κ3) is 3.88. The highest BCUT2D eigenvalue weighted by molar-refractivity contribution is 7.90. The van der Waals surface area contributed by atoms with Crippen molar-refractivity contribution in [1.29, 1.82) is 0 Å². The maximum Gasteiger partial charge on any atom is 0.449 e. The van der Waals surface area contributed by atoms with Gasteiger partial charge >= 0.3 is 6.18 Å². The van der Waals surface area contributed by atoms with Crippen molar-refractivity contribution < 1.29 is 30.4 Å². The third-order valence-corrected chi connectivity index (χ3v) is 5.09. The zero-order valence-corrected chi connectivity index (χ0v) is 15.5. The summed E-state index contributed by atoms with van der Waals surface area (Å²) < 4.78 is 90.9. The number of nitrogens with one attached hydrogen (secondary N) is 1. The largest absolute Gasteiger partial charge is 0.449 e. The number of aromatic amines is 1. The summed E-state index contributed by atoms with van der Waals surface area (Å²) in [5, 5.41) is 0.219. The van der Waals surface area contributed by atoms with Gasteiger partial charge in [-0.25, -0.2) is 22.2 Å². The van der Waals surface area contributed by atoms with Crippen molar-refractivity contribution in [3.63, 3.8) is 0 Å². The fourth-order valence-corrected chi connectivity index (χ4v) is 3.64. The first-order chi connectivity index (χ1) is 12.9. The van der Waals surface area contributed by atoms with Crippen LogP contribution in [0.1, 0.15) is 5.82 Å². The number of benzene rings is 2. The molecule has 0 unspecified atom stereocenters. The SMILES string of the molecule is CS(=O)(=O)c1c(F)cc(-c2nc(C(F)(F)F)[nH]c2-c2cccc(Cl)c2)cc1F. The van der Waals surface area contributed by atoms with Crippen molar-refractivity contribution in [3.8, 4) is 22.5 Å². The molecule has 3 rings (SSSR count). The molecule has 28 heavy (non-hydrogen) atoms. The Balaban J connectivity index is 2.29. The molecule has 2 aromatic carbocycles. The molecule has 1 aromatic heterocycles. The lowest BCUT2D eigenvalue weighted by molar-refractivity contribution is -0.144. The van der Waals surface area contributed by atoms with E-state index in [4.69, 9.17) is 11.6 Å². The molecule has 4 nitrogen and oxygen atoms in total. The molecule has 0 radical (unpaired) electrons. The zero-order chi connectivity index (χ0) is 20.9. The number of hydrogen-bond acceptors (Lipinski definition) is 3. The van der Waals surface area contributed by atoms with Gasteiger partial charge in [0.05, 0.1) is 11.4 Å². The summed E-state index contributed by atoms with van der Waals surface area (Å²) in [5.74, 6) is -4.26. The van der Waals surface area contributed by atoms with E-state index in [-0.39, 0.29) is 21.8 Å². The van der Waals surface area contributed by atoms with E-state index in [1.165, 1.54) is 24.3 Å². The molecule has 1 N–H and O–H groups in total. The van der Waals surface area contributed by atoms with E-state index < -0.39 is 44.1 Å². The topological polar surface area (TPSA) is 62.8 Å². The fourth-order valence-electron chi connectivity index (χ4n) is 2.62. The fraction of sp³-hybridized carbons (Fsp3) is 0.118. The highest BCUT2D eigenvalue weighted by atomic mass is 35.5. The van der Waals surface area contributed by atoms with Gasteiger partial charge in [0.15, 0.2) is 9.84 Å². The van der Waals surface area contributed by atoms with Gasteiger partial charge in [-0.3, -0.25) is 0 Å². The van der Waals surface area contributed by atoms with E-state index >= 15 is 0 Å². The number of hydrogen-bond donors (Lipinski definition) is 1. The normalized spacial score (nSPS) is 12.4. The first-order valence-electron chi connectivity index (χ1n) is 7.50. The van der Waals surface area contributed by atoms with Crippen LogP contribution in [-0.4, -0.2) is 24.6 Å². The molecular formula is C17H10ClF5N2O2S. The Morgan fingerprint density at radius 3 is 2.14 bits per heavy atom. The highest BCUT2D eigenvalue weighted by Gasteiger charge is 2.36. The Morgan fingerprint density at radius 1 is 1.04 bits per heavy atom. The molecule has 11 heteroatoms. The van der Waals surface area contributed by atoms with Gasteiger partial charge in [0, 0.05) is 22.4 Å². The summed E-state index contributed by atoms with van der Waals surface area (Å²) in [6, 6.07) is 6.97. The van der Waals surface area contributed by atoms with Crippen LogP contribution in [-0.2, 0) is 16.0 Å². The van der Waals surface area contributed by atoms with E-state index in [0.717, 1.165) is 0 Å². The summed E-state index contributed by atoms with van der Waals surface area (Å²) in [7, 11) is -4.22. The van der Waals surface area contributed by atoms with Crippen LogP contribution in [0.5, 0.6) is 0 Å². The van der Waals surface area contributed by atoms with Crippen LogP contribution < -0.4 is 0 Å². The molecule has 148 valence electrons. The standard InChI is InChI=1S/C17H10ClF5N2O2S/c1-28(26,27)15-11(19)6-9(7-12(15)20)14-13(8-3-2-4-10(18)5-8)24-16(25-14)17(21,22)23/h2-7H,1H3,(H,24,25). The quantitative estimate of drug-likeness (QED) is 0.581. The predicted molar refractivity (Wildman–Crippen MR) is 92.5 cm³/mol. The van der Waals surface area contributed by atoms with Crippen molar-refractivity contribution in [2.75, 3.05) is 6.26 Å². The van der Waals surface area contributed by atoms with Crippen LogP contribution in [0.25, 0.3) is 22.5 Å². The minimum atomic E-state index is -4.85. The lowest BCUT2D eigenvalue weighted by Crippen LogP contribution is -2.07. The smallest absolute Gasteiger partial charge is 0.334 e. The first kappa shape index (κ1) is 20.3. The lowest BCUT2D eigenvalue weighted by Gasteiger charge is -2.07. The van der Waals surface area contributed by atoms with Crippen molar-refractivity contribution >= 4 is 21.4 Å². The lowest BCUT2D eigenvalue weighted by atomic mass is 10.0. The molecule has 1 heterocycles. The second-order valence-electron chi connectivity index (χ2n) is 5.86. The molecule has 0 spiro atoms. The molecule has 0 atom stereocenters. The van der Waals surface area contributed by atoms with Crippen LogP contribution in [0.2, 0.25) is 5.02 Å². The van der Waals surface area contributed by atoms with E-state index in [1.807, 2.05) is 0 Å². The number of sulfone groups is 1. The molecule has 0 saturated heterocycles. The van der Waals surface area contributed by atoms with Crippen LogP contribution >= 0.6 is 11.6 Å². The zero-order valence-electron chi connectivity index (χ0n) is 13.9.